The predicted molar refractivity (Wildman–Crippen MR) is 83.7 cm³/mol. The summed E-state index contributed by atoms with van der Waals surface area (Å²) in [5.74, 6) is 1.26. The van der Waals surface area contributed by atoms with Crippen molar-refractivity contribution in [1.82, 2.24) is 4.57 Å². The standard InChI is InChI=1S/C18H21N2/c1-12-6-8-14(3)15(10-12)18-19(4)16-9-7-13(2)11-17(16)20(18)5/h6-11H,1-5H3/q+1. The topological polar surface area (TPSA) is 8.81 Å². The summed E-state index contributed by atoms with van der Waals surface area (Å²) in [6, 6.07) is 13.3. The normalized spacial score (nSPS) is 11.2. The minimum atomic E-state index is 1.26. The van der Waals surface area contributed by atoms with Crippen LogP contribution in [-0.4, -0.2) is 4.57 Å². The van der Waals surface area contributed by atoms with Gasteiger partial charge in [0.15, 0.2) is 11.0 Å². The molecule has 0 amide bonds. The first-order chi connectivity index (χ1) is 9.49. The van der Waals surface area contributed by atoms with Crippen molar-refractivity contribution in [2.45, 2.75) is 20.8 Å². The zero-order chi connectivity index (χ0) is 14.4. The molecule has 0 unspecified atom stereocenters. The average Bonchev–Trinajstić information content (AvgIpc) is 2.65. The van der Waals surface area contributed by atoms with Gasteiger partial charge in [-0.2, -0.15) is 0 Å². The van der Waals surface area contributed by atoms with Crippen LogP contribution in [0, 0.1) is 20.8 Å². The van der Waals surface area contributed by atoms with Crippen LogP contribution in [0.2, 0.25) is 0 Å². The lowest BCUT2D eigenvalue weighted by atomic mass is 10.1. The van der Waals surface area contributed by atoms with Gasteiger partial charge < -0.3 is 0 Å². The molecule has 3 aromatic rings. The molecule has 2 nitrogen and oxygen atoms in total. The molecule has 0 aliphatic heterocycles. The van der Waals surface area contributed by atoms with Crippen LogP contribution in [0.1, 0.15) is 16.7 Å². The summed E-state index contributed by atoms with van der Waals surface area (Å²) in [5, 5.41) is 0. The second-order valence-corrected chi connectivity index (χ2v) is 5.75. The van der Waals surface area contributed by atoms with E-state index in [1.165, 1.54) is 39.1 Å². The Kier molecular flexibility index (Phi) is 2.89. The van der Waals surface area contributed by atoms with Gasteiger partial charge in [0.25, 0.3) is 5.82 Å². The molecule has 0 saturated heterocycles. The molecule has 2 heteroatoms. The molecule has 0 N–H and O–H groups in total. The van der Waals surface area contributed by atoms with E-state index in [4.69, 9.17) is 0 Å². The summed E-state index contributed by atoms with van der Waals surface area (Å²) in [6.07, 6.45) is 0. The van der Waals surface area contributed by atoms with Gasteiger partial charge in [0.2, 0.25) is 0 Å². The van der Waals surface area contributed by atoms with Crippen LogP contribution in [0.4, 0.5) is 0 Å². The maximum absolute atomic E-state index is 2.30. The second kappa shape index (κ2) is 4.48. The van der Waals surface area contributed by atoms with E-state index in [1.807, 2.05) is 0 Å². The van der Waals surface area contributed by atoms with Gasteiger partial charge in [-0.15, -0.1) is 0 Å². The van der Waals surface area contributed by atoms with Crippen LogP contribution in [0.25, 0.3) is 22.4 Å². The first-order valence-corrected chi connectivity index (χ1v) is 7.01. The molecule has 0 radical (unpaired) electrons. The Morgan fingerprint density at radius 1 is 0.900 bits per heavy atom. The summed E-state index contributed by atoms with van der Waals surface area (Å²) in [5.41, 5.74) is 7.77. The van der Waals surface area contributed by atoms with Crippen molar-refractivity contribution in [2.24, 2.45) is 14.1 Å². The minimum Gasteiger partial charge on any atom is -0.226 e. The van der Waals surface area contributed by atoms with E-state index in [1.54, 1.807) is 0 Å². The van der Waals surface area contributed by atoms with Crippen molar-refractivity contribution in [3.63, 3.8) is 0 Å². The highest BCUT2D eigenvalue weighted by molar-refractivity contribution is 5.77. The number of nitrogens with zero attached hydrogens (tertiary/aromatic N) is 2. The molecule has 2 aromatic carbocycles. The lowest BCUT2D eigenvalue weighted by Crippen LogP contribution is -2.30. The van der Waals surface area contributed by atoms with Gasteiger partial charge in [0.1, 0.15) is 0 Å². The number of imidazole rings is 1. The third-order valence-corrected chi connectivity index (χ3v) is 4.12. The molecule has 3 rings (SSSR count). The molecule has 102 valence electrons. The molecule has 0 saturated carbocycles. The van der Waals surface area contributed by atoms with Crippen LogP contribution >= 0.6 is 0 Å². The first kappa shape index (κ1) is 12.9. The van der Waals surface area contributed by atoms with Gasteiger partial charge in [-0.3, -0.25) is 0 Å². The molecular weight excluding hydrogens is 244 g/mol. The third-order valence-electron chi connectivity index (χ3n) is 4.12. The van der Waals surface area contributed by atoms with Crippen LogP contribution in [0.3, 0.4) is 0 Å². The van der Waals surface area contributed by atoms with Crippen LogP contribution in [0.15, 0.2) is 36.4 Å². The molecule has 0 aliphatic carbocycles. The van der Waals surface area contributed by atoms with Crippen molar-refractivity contribution >= 4 is 11.0 Å². The average molecular weight is 265 g/mol. The smallest absolute Gasteiger partial charge is 0.226 e. The summed E-state index contributed by atoms with van der Waals surface area (Å²) in [6.45, 7) is 6.47. The second-order valence-electron chi connectivity index (χ2n) is 5.75. The van der Waals surface area contributed by atoms with Gasteiger partial charge in [-0.05, 0) is 50.1 Å². The Labute approximate surface area is 120 Å². The lowest BCUT2D eigenvalue weighted by molar-refractivity contribution is -0.634. The number of aryl methyl sites for hydroxylation is 5. The number of benzene rings is 2. The number of hydrogen-bond acceptors (Lipinski definition) is 0. The van der Waals surface area contributed by atoms with Crippen molar-refractivity contribution in [1.29, 1.82) is 0 Å². The summed E-state index contributed by atoms with van der Waals surface area (Å²) in [4.78, 5) is 0. The Balaban J connectivity index is 2.39. The number of aromatic nitrogens is 2. The summed E-state index contributed by atoms with van der Waals surface area (Å²) < 4.78 is 4.58. The number of rotatable bonds is 1. The fraction of sp³-hybridized carbons (Fsp3) is 0.278. The molecule has 0 atom stereocenters. The van der Waals surface area contributed by atoms with E-state index in [9.17, 15) is 0 Å². The summed E-state index contributed by atoms with van der Waals surface area (Å²) >= 11 is 0. The Hall–Kier alpha value is -2.09. The molecule has 1 heterocycles. The van der Waals surface area contributed by atoms with E-state index in [0.29, 0.717) is 0 Å². The van der Waals surface area contributed by atoms with Crippen molar-refractivity contribution < 1.29 is 4.57 Å². The molecular formula is C18H21N2+. The van der Waals surface area contributed by atoms with Crippen LogP contribution < -0.4 is 4.57 Å². The highest BCUT2D eigenvalue weighted by atomic mass is 15.1. The fourth-order valence-corrected chi connectivity index (χ4v) is 2.98. The van der Waals surface area contributed by atoms with Gasteiger partial charge in [-0.1, -0.05) is 23.8 Å². The SMILES string of the molecule is Cc1ccc(C)c(-c2n(C)c3cc(C)ccc3[n+]2C)c1. The van der Waals surface area contributed by atoms with Crippen LogP contribution in [-0.2, 0) is 14.1 Å². The van der Waals surface area contributed by atoms with Crippen molar-refractivity contribution in [2.75, 3.05) is 0 Å². The molecule has 0 aliphatic rings. The number of fused-ring (bicyclic) bond motifs is 1. The minimum absolute atomic E-state index is 1.26. The van der Waals surface area contributed by atoms with E-state index in [0.717, 1.165) is 0 Å². The van der Waals surface area contributed by atoms with E-state index in [2.05, 4.69) is 80.4 Å². The zero-order valence-corrected chi connectivity index (χ0v) is 12.9. The van der Waals surface area contributed by atoms with E-state index >= 15 is 0 Å². The quantitative estimate of drug-likeness (QED) is 0.595. The molecule has 0 bridgehead atoms. The third kappa shape index (κ3) is 1.83. The van der Waals surface area contributed by atoms with Gasteiger partial charge in [-0.25, -0.2) is 9.13 Å². The highest BCUT2D eigenvalue weighted by Crippen LogP contribution is 2.26. The monoisotopic (exact) mass is 265 g/mol. The zero-order valence-electron chi connectivity index (χ0n) is 12.9. The van der Waals surface area contributed by atoms with Crippen LogP contribution in [0.5, 0.6) is 0 Å². The Bertz CT molecular complexity index is 810. The van der Waals surface area contributed by atoms with Crippen molar-refractivity contribution in [3.8, 4) is 11.4 Å². The first-order valence-electron chi connectivity index (χ1n) is 7.01. The molecule has 0 fully saturated rings. The van der Waals surface area contributed by atoms with Gasteiger partial charge in [0, 0.05) is 0 Å². The van der Waals surface area contributed by atoms with Gasteiger partial charge in [0.05, 0.1) is 19.7 Å². The molecule has 20 heavy (non-hydrogen) atoms. The maximum atomic E-state index is 2.30. The van der Waals surface area contributed by atoms with Crippen molar-refractivity contribution in [3.05, 3.63) is 53.1 Å². The Morgan fingerprint density at radius 3 is 2.30 bits per heavy atom. The van der Waals surface area contributed by atoms with E-state index in [-0.39, 0.29) is 0 Å². The summed E-state index contributed by atoms with van der Waals surface area (Å²) in [7, 11) is 4.30. The maximum Gasteiger partial charge on any atom is 0.289 e. The number of hydrogen-bond donors (Lipinski definition) is 0. The fourth-order valence-electron chi connectivity index (χ4n) is 2.98. The molecule has 0 spiro atoms. The highest BCUT2D eigenvalue weighted by Gasteiger charge is 2.23. The van der Waals surface area contributed by atoms with E-state index < -0.39 is 0 Å². The largest absolute Gasteiger partial charge is 0.289 e. The Morgan fingerprint density at radius 2 is 1.55 bits per heavy atom. The lowest BCUT2D eigenvalue weighted by Gasteiger charge is -2.04. The molecule has 1 aromatic heterocycles. The predicted octanol–water partition coefficient (Wildman–Crippen LogP) is 3.60. The van der Waals surface area contributed by atoms with Gasteiger partial charge >= 0.3 is 0 Å².